The molecule has 55 heavy (non-hydrogen) atoms. The number of nitrogens with one attached hydrogen (secondary N) is 1. The van der Waals surface area contributed by atoms with E-state index < -0.39 is 18.2 Å². The Bertz CT molecular complexity index is 873. The number of esters is 1. The number of carbonyl (C=O) groups excluding carboxylic acids is 2. The summed E-state index contributed by atoms with van der Waals surface area (Å²) >= 11 is 0. The van der Waals surface area contributed by atoms with Crippen LogP contribution < -0.4 is 5.32 Å². The van der Waals surface area contributed by atoms with E-state index in [-0.39, 0.29) is 24.9 Å². The van der Waals surface area contributed by atoms with Gasteiger partial charge in [-0.15, -0.1) is 0 Å². The molecule has 1 amide bonds. The van der Waals surface area contributed by atoms with Crippen molar-refractivity contribution in [3.05, 3.63) is 24.3 Å². The van der Waals surface area contributed by atoms with E-state index >= 15 is 0 Å². The minimum absolute atomic E-state index is 0.0726. The SMILES string of the molecule is CC/C=C/C/C=C/CCCCCCCC(CC(=O)NC(CO)C(O)CCCCCCCCCCCCCCC)OC(=O)CCCCCCCCCCCCC. The molecule has 0 aliphatic heterocycles. The molecule has 0 aliphatic rings. The molecule has 6 nitrogen and oxygen atoms in total. The van der Waals surface area contributed by atoms with Crippen molar-refractivity contribution in [2.45, 2.75) is 270 Å². The average molecular weight is 776 g/mol. The zero-order chi connectivity index (χ0) is 40.3. The number of hydrogen-bond acceptors (Lipinski definition) is 5. The molecule has 0 heterocycles. The van der Waals surface area contributed by atoms with Gasteiger partial charge in [0.1, 0.15) is 6.10 Å². The molecular weight excluding hydrogens is 683 g/mol. The lowest BCUT2D eigenvalue weighted by molar-refractivity contribution is -0.151. The van der Waals surface area contributed by atoms with Crippen LogP contribution in [0, 0.1) is 0 Å². The van der Waals surface area contributed by atoms with Crippen LogP contribution in [0.5, 0.6) is 0 Å². The number of carbonyl (C=O) groups is 2. The lowest BCUT2D eigenvalue weighted by Crippen LogP contribution is -2.46. The lowest BCUT2D eigenvalue weighted by atomic mass is 10.0. The zero-order valence-electron chi connectivity index (χ0n) is 36.8. The van der Waals surface area contributed by atoms with Gasteiger partial charge in [0.25, 0.3) is 0 Å². The second-order valence-electron chi connectivity index (χ2n) is 16.5. The van der Waals surface area contributed by atoms with Crippen molar-refractivity contribution in [2.24, 2.45) is 0 Å². The van der Waals surface area contributed by atoms with E-state index in [1.165, 1.54) is 135 Å². The second-order valence-corrected chi connectivity index (χ2v) is 16.5. The minimum atomic E-state index is -0.786. The van der Waals surface area contributed by atoms with Gasteiger partial charge in [0.2, 0.25) is 5.91 Å². The van der Waals surface area contributed by atoms with Gasteiger partial charge < -0.3 is 20.3 Å². The molecule has 0 radical (unpaired) electrons. The molecular formula is C49H93NO5. The summed E-state index contributed by atoms with van der Waals surface area (Å²) in [6.07, 6.45) is 48.1. The Labute approximate surface area is 341 Å². The summed E-state index contributed by atoms with van der Waals surface area (Å²) in [6, 6.07) is -0.700. The van der Waals surface area contributed by atoms with Gasteiger partial charge in [0, 0.05) is 6.42 Å². The Morgan fingerprint density at radius 2 is 0.982 bits per heavy atom. The topological polar surface area (TPSA) is 95.9 Å². The number of aliphatic hydroxyl groups is 2. The summed E-state index contributed by atoms with van der Waals surface area (Å²) in [6.45, 7) is 6.37. The Hall–Kier alpha value is -1.66. The molecule has 0 bridgehead atoms. The number of hydrogen-bond donors (Lipinski definition) is 3. The van der Waals surface area contributed by atoms with Gasteiger partial charge in [0.05, 0.1) is 25.2 Å². The summed E-state index contributed by atoms with van der Waals surface area (Å²) in [5.41, 5.74) is 0. The fourth-order valence-electron chi connectivity index (χ4n) is 7.41. The maximum Gasteiger partial charge on any atom is 0.306 e. The predicted molar refractivity (Wildman–Crippen MR) is 236 cm³/mol. The fourth-order valence-corrected chi connectivity index (χ4v) is 7.41. The third-order valence-electron chi connectivity index (χ3n) is 11.0. The summed E-state index contributed by atoms with van der Waals surface area (Å²) < 4.78 is 5.90. The fraction of sp³-hybridized carbons (Fsp3) is 0.878. The molecule has 0 aromatic rings. The monoisotopic (exact) mass is 776 g/mol. The van der Waals surface area contributed by atoms with Crippen molar-refractivity contribution in [3.8, 4) is 0 Å². The second kappa shape index (κ2) is 43.5. The summed E-state index contributed by atoms with van der Waals surface area (Å²) in [5.74, 6) is -0.480. The number of unbranched alkanes of at least 4 members (excludes halogenated alkanes) is 27. The highest BCUT2D eigenvalue weighted by Gasteiger charge is 2.24. The quantitative estimate of drug-likeness (QED) is 0.0326. The molecule has 0 saturated heterocycles. The number of allylic oxidation sites excluding steroid dienone is 4. The van der Waals surface area contributed by atoms with Gasteiger partial charge in [0.15, 0.2) is 0 Å². The third-order valence-corrected chi connectivity index (χ3v) is 11.0. The molecule has 0 rings (SSSR count). The van der Waals surface area contributed by atoms with Crippen LogP contribution in [0.2, 0.25) is 0 Å². The largest absolute Gasteiger partial charge is 0.462 e. The first-order valence-corrected chi connectivity index (χ1v) is 24.1. The van der Waals surface area contributed by atoms with Gasteiger partial charge in [-0.05, 0) is 51.4 Å². The summed E-state index contributed by atoms with van der Waals surface area (Å²) in [7, 11) is 0. The van der Waals surface area contributed by atoms with E-state index in [1.807, 2.05) is 0 Å². The predicted octanol–water partition coefficient (Wildman–Crippen LogP) is 14.0. The summed E-state index contributed by atoms with van der Waals surface area (Å²) in [4.78, 5) is 26.0. The van der Waals surface area contributed by atoms with Crippen LogP contribution in [-0.4, -0.2) is 46.9 Å². The van der Waals surface area contributed by atoms with E-state index in [2.05, 4.69) is 50.4 Å². The van der Waals surface area contributed by atoms with Crippen molar-refractivity contribution >= 4 is 11.9 Å². The maximum absolute atomic E-state index is 13.1. The van der Waals surface area contributed by atoms with Gasteiger partial charge in [-0.3, -0.25) is 9.59 Å². The highest BCUT2D eigenvalue weighted by atomic mass is 16.5. The van der Waals surface area contributed by atoms with Crippen molar-refractivity contribution in [1.29, 1.82) is 0 Å². The maximum atomic E-state index is 13.1. The normalized spacial score (nSPS) is 13.5. The molecule has 324 valence electrons. The average Bonchev–Trinajstić information content (AvgIpc) is 3.18. The van der Waals surface area contributed by atoms with Crippen LogP contribution in [-0.2, 0) is 14.3 Å². The number of ether oxygens (including phenoxy) is 1. The molecule has 0 aromatic carbocycles. The van der Waals surface area contributed by atoms with Crippen molar-refractivity contribution in [1.82, 2.24) is 5.32 Å². The molecule has 0 spiro atoms. The highest BCUT2D eigenvalue weighted by Crippen LogP contribution is 2.18. The molecule has 3 N–H and O–H groups in total. The molecule has 0 aliphatic carbocycles. The Morgan fingerprint density at radius 1 is 0.545 bits per heavy atom. The van der Waals surface area contributed by atoms with E-state index in [4.69, 9.17) is 4.74 Å². The Balaban J connectivity index is 4.55. The van der Waals surface area contributed by atoms with Gasteiger partial charge in [-0.2, -0.15) is 0 Å². The van der Waals surface area contributed by atoms with E-state index in [9.17, 15) is 19.8 Å². The van der Waals surface area contributed by atoms with Crippen LogP contribution >= 0.6 is 0 Å². The van der Waals surface area contributed by atoms with Gasteiger partial charge in [-0.25, -0.2) is 0 Å². The third kappa shape index (κ3) is 39.0. The molecule has 6 heteroatoms. The van der Waals surface area contributed by atoms with Crippen LogP contribution in [0.1, 0.15) is 252 Å². The minimum Gasteiger partial charge on any atom is -0.462 e. The number of amides is 1. The van der Waals surface area contributed by atoms with Crippen molar-refractivity contribution in [3.63, 3.8) is 0 Å². The van der Waals surface area contributed by atoms with Crippen LogP contribution in [0.15, 0.2) is 24.3 Å². The van der Waals surface area contributed by atoms with Crippen LogP contribution in [0.4, 0.5) is 0 Å². The van der Waals surface area contributed by atoms with Crippen LogP contribution in [0.25, 0.3) is 0 Å². The van der Waals surface area contributed by atoms with Gasteiger partial charge >= 0.3 is 5.97 Å². The molecule has 0 saturated carbocycles. The lowest BCUT2D eigenvalue weighted by Gasteiger charge is -2.24. The summed E-state index contributed by atoms with van der Waals surface area (Å²) in [5, 5.41) is 23.7. The molecule has 3 atom stereocenters. The Kier molecular flexibility index (Phi) is 42.2. The van der Waals surface area contributed by atoms with Gasteiger partial charge in [-0.1, -0.05) is 212 Å². The smallest absolute Gasteiger partial charge is 0.306 e. The standard InChI is InChI=1S/C49H93NO5/c1-4-7-10-13-16-19-22-24-27-29-32-35-38-41-47(52)46(44-51)50-48(53)43-45(40-37-34-31-28-26-23-20-17-14-11-8-5-2)55-49(54)42-39-36-33-30-25-21-18-15-12-9-6-3/h8,11,17,20,45-47,51-52H,4-7,9-10,12-16,18-19,21-44H2,1-3H3,(H,50,53)/b11-8+,20-17+. The van der Waals surface area contributed by atoms with Crippen molar-refractivity contribution < 1.29 is 24.5 Å². The van der Waals surface area contributed by atoms with E-state index in [0.717, 1.165) is 70.6 Å². The first-order chi connectivity index (χ1) is 27.0. The zero-order valence-corrected chi connectivity index (χ0v) is 36.8. The highest BCUT2D eigenvalue weighted by molar-refractivity contribution is 5.77. The number of rotatable bonds is 43. The molecule has 0 fully saturated rings. The first kappa shape index (κ1) is 53.3. The van der Waals surface area contributed by atoms with E-state index in [0.29, 0.717) is 19.3 Å². The van der Waals surface area contributed by atoms with Crippen LogP contribution in [0.3, 0.4) is 0 Å². The molecule has 3 unspecified atom stereocenters. The number of aliphatic hydroxyl groups excluding tert-OH is 2. The van der Waals surface area contributed by atoms with Crippen molar-refractivity contribution in [2.75, 3.05) is 6.61 Å². The first-order valence-electron chi connectivity index (χ1n) is 24.1. The Morgan fingerprint density at radius 3 is 1.47 bits per heavy atom. The van der Waals surface area contributed by atoms with E-state index in [1.54, 1.807) is 0 Å². The molecule has 0 aromatic heterocycles.